The van der Waals surface area contributed by atoms with Gasteiger partial charge in [0, 0.05) is 18.7 Å². The molecule has 1 N–H and O–H groups in total. The molecule has 0 radical (unpaired) electrons. The second-order valence-electron chi connectivity index (χ2n) is 3.01. The lowest BCUT2D eigenvalue weighted by Gasteiger charge is -2.04. The van der Waals surface area contributed by atoms with Crippen molar-refractivity contribution in [2.75, 3.05) is 5.32 Å². The average molecular weight is 224 g/mol. The summed E-state index contributed by atoms with van der Waals surface area (Å²) in [5, 5.41) is 2.79. The molecule has 1 aromatic heterocycles. The smallest absolute Gasteiger partial charge is 0.216 e. The van der Waals surface area contributed by atoms with Gasteiger partial charge in [-0.1, -0.05) is 18.5 Å². The van der Waals surface area contributed by atoms with Crippen molar-refractivity contribution in [3.63, 3.8) is 0 Å². The van der Waals surface area contributed by atoms with Gasteiger partial charge in [0.1, 0.15) is 5.82 Å². The Hall–Kier alpha value is -1.36. The molecular weight excluding hydrogens is 214 g/mol. The zero-order chi connectivity index (χ0) is 11.4. The van der Waals surface area contributed by atoms with Crippen LogP contribution in [0.1, 0.15) is 23.7 Å². The molecule has 6 heteroatoms. The lowest BCUT2D eigenvalue weighted by molar-refractivity contribution is 0.0988. The fraction of sp³-hybridized carbons (Fsp3) is 0.222. The molecule has 0 aliphatic heterocycles. The minimum Gasteiger partial charge on any atom is -0.320 e. The van der Waals surface area contributed by atoms with Gasteiger partial charge in [0.2, 0.25) is 7.85 Å². The molecule has 1 heterocycles. The zero-order valence-corrected chi connectivity index (χ0v) is 9.26. The van der Waals surface area contributed by atoms with Crippen LogP contribution in [0.4, 0.5) is 10.6 Å². The SMILES string of the molecule is BC(=O)Nc1cc(Cl)c(C(=O)CC)cn1. The van der Waals surface area contributed by atoms with Gasteiger partial charge in [-0.3, -0.25) is 9.59 Å². The number of carbonyl (C=O) groups excluding carboxylic acids is 2. The Morgan fingerprint density at radius 3 is 2.73 bits per heavy atom. The quantitative estimate of drug-likeness (QED) is 0.625. The fourth-order valence-corrected chi connectivity index (χ4v) is 1.33. The number of halogens is 1. The van der Waals surface area contributed by atoms with E-state index >= 15 is 0 Å². The predicted octanol–water partition coefficient (Wildman–Crippen LogP) is 1.49. The van der Waals surface area contributed by atoms with Gasteiger partial charge in [-0.15, -0.1) is 0 Å². The third kappa shape index (κ3) is 3.06. The van der Waals surface area contributed by atoms with Crippen LogP contribution in [0.5, 0.6) is 0 Å². The Kier molecular flexibility index (Phi) is 3.85. The Labute approximate surface area is 93.4 Å². The molecule has 0 unspecified atom stereocenters. The van der Waals surface area contributed by atoms with E-state index < -0.39 is 0 Å². The number of anilines is 1. The van der Waals surface area contributed by atoms with Gasteiger partial charge in [0.25, 0.3) is 0 Å². The first kappa shape index (κ1) is 11.7. The van der Waals surface area contributed by atoms with Crippen LogP contribution in [0, 0.1) is 0 Å². The molecule has 1 amide bonds. The highest BCUT2D eigenvalue weighted by molar-refractivity contribution is 6.60. The Morgan fingerprint density at radius 1 is 1.60 bits per heavy atom. The highest BCUT2D eigenvalue weighted by Crippen LogP contribution is 2.19. The molecule has 0 bridgehead atoms. The molecule has 0 fully saturated rings. The molecular formula is C9H10BClN2O2. The van der Waals surface area contributed by atoms with E-state index in [4.69, 9.17) is 11.6 Å². The van der Waals surface area contributed by atoms with Crippen LogP contribution in [0.3, 0.4) is 0 Å². The molecule has 0 saturated heterocycles. The van der Waals surface area contributed by atoms with Gasteiger partial charge < -0.3 is 5.32 Å². The van der Waals surface area contributed by atoms with Crippen LogP contribution < -0.4 is 5.32 Å². The second kappa shape index (κ2) is 4.93. The minimum atomic E-state index is -0.229. The van der Waals surface area contributed by atoms with Crippen LogP contribution in [-0.4, -0.2) is 24.4 Å². The highest BCUT2D eigenvalue weighted by atomic mass is 35.5. The number of hydrogen-bond acceptors (Lipinski definition) is 3. The molecule has 1 rings (SSSR count). The van der Waals surface area contributed by atoms with E-state index in [1.807, 2.05) is 0 Å². The summed E-state index contributed by atoms with van der Waals surface area (Å²) >= 11 is 5.87. The van der Waals surface area contributed by atoms with Crippen LogP contribution >= 0.6 is 11.6 Å². The van der Waals surface area contributed by atoms with E-state index in [-0.39, 0.29) is 11.6 Å². The van der Waals surface area contributed by atoms with E-state index in [0.29, 0.717) is 22.8 Å². The Bertz CT molecular complexity index is 409. The summed E-state index contributed by atoms with van der Waals surface area (Å²) in [5.41, 5.74) is 0.383. The van der Waals surface area contributed by atoms with Crippen molar-refractivity contribution in [3.05, 3.63) is 22.8 Å². The van der Waals surface area contributed by atoms with E-state index in [1.54, 1.807) is 6.92 Å². The summed E-state index contributed by atoms with van der Waals surface area (Å²) in [6.45, 7) is 1.75. The molecule has 15 heavy (non-hydrogen) atoms. The highest BCUT2D eigenvalue weighted by Gasteiger charge is 2.10. The summed E-state index contributed by atoms with van der Waals surface area (Å²) in [6, 6.07) is 1.46. The number of nitrogens with zero attached hydrogens (tertiary/aromatic N) is 1. The minimum absolute atomic E-state index is 0.0677. The number of amides is 1. The molecule has 4 nitrogen and oxygen atoms in total. The number of nitrogens with one attached hydrogen (secondary N) is 1. The maximum absolute atomic E-state index is 11.4. The zero-order valence-electron chi connectivity index (χ0n) is 8.50. The first-order chi connectivity index (χ1) is 7.04. The molecule has 0 aromatic carbocycles. The fourth-order valence-electron chi connectivity index (χ4n) is 1.08. The first-order valence-corrected chi connectivity index (χ1v) is 4.88. The van der Waals surface area contributed by atoms with Crippen molar-refractivity contribution in [1.82, 2.24) is 4.98 Å². The third-order valence-electron chi connectivity index (χ3n) is 1.78. The average Bonchev–Trinajstić information content (AvgIpc) is 2.16. The lowest BCUT2D eigenvalue weighted by atomic mass is 10.1. The van der Waals surface area contributed by atoms with Gasteiger partial charge in [-0.05, 0) is 0 Å². The topological polar surface area (TPSA) is 59.1 Å². The van der Waals surface area contributed by atoms with Gasteiger partial charge >= 0.3 is 0 Å². The largest absolute Gasteiger partial charge is 0.320 e. The monoisotopic (exact) mass is 224 g/mol. The predicted molar refractivity (Wildman–Crippen MR) is 61.4 cm³/mol. The molecule has 0 saturated carbocycles. The van der Waals surface area contributed by atoms with Crippen molar-refractivity contribution in [1.29, 1.82) is 0 Å². The van der Waals surface area contributed by atoms with Crippen LogP contribution in [-0.2, 0) is 0 Å². The standard InChI is InChI=1S/C9H10BClN2O2/c1-2-7(14)5-4-12-8(3-6(5)11)13-9(10)15/h3-4H,2,10H2,1H3,(H,12,13,15). The molecule has 78 valence electrons. The van der Waals surface area contributed by atoms with E-state index in [1.165, 1.54) is 20.1 Å². The van der Waals surface area contributed by atoms with Crippen molar-refractivity contribution in [3.8, 4) is 0 Å². The van der Waals surface area contributed by atoms with E-state index in [9.17, 15) is 9.59 Å². The van der Waals surface area contributed by atoms with Crippen LogP contribution in [0.15, 0.2) is 12.3 Å². The summed E-state index contributed by atoms with van der Waals surface area (Å²) < 4.78 is 0. The maximum atomic E-state index is 11.4. The van der Waals surface area contributed by atoms with E-state index in [0.717, 1.165) is 0 Å². The molecule has 0 spiro atoms. The summed E-state index contributed by atoms with van der Waals surface area (Å²) in [5.74, 6) is 0.0511. The molecule has 1 aromatic rings. The van der Waals surface area contributed by atoms with E-state index in [2.05, 4.69) is 10.3 Å². The summed E-state index contributed by atoms with van der Waals surface area (Å²) in [4.78, 5) is 26.0. The Balaban J connectivity index is 2.97. The first-order valence-electron chi connectivity index (χ1n) is 4.51. The van der Waals surface area contributed by atoms with Crippen molar-refractivity contribution < 1.29 is 9.59 Å². The summed E-state index contributed by atoms with van der Waals surface area (Å²) in [7, 11) is 1.38. The molecule has 0 aliphatic carbocycles. The van der Waals surface area contributed by atoms with Gasteiger partial charge in [0.05, 0.1) is 10.6 Å². The van der Waals surface area contributed by atoms with Gasteiger partial charge in [0.15, 0.2) is 11.6 Å². The van der Waals surface area contributed by atoms with Crippen molar-refractivity contribution in [2.24, 2.45) is 0 Å². The second-order valence-corrected chi connectivity index (χ2v) is 3.41. The van der Waals surface area contributed by atoms with Crippen molar-refractivity contribution in [2.45, 2.75) is 13.3 Å². The van der Waals surface area contributed by atoms with Crippen molar-refractivity contribution >= 4 is 36.9 Å². The molecule has 0 aliphatic rings. The lowest BCUT2D eigenvalue weighted by Crippen LogP contribution is -2.10. The third-order valence-corrected chi connectivity index (χ3v) is 2.09. The van der Waals surface area contributed by atoms with Gasteiger partial charge in [-0.2, -0.15) is 0 Å². The Morgan fingerprint density at radius 2 is 2.27 bits per heavy atom. The maximum Gasteiger partial charge on any atom is 0.216 e. The number of hydrogen-bond donors (Lipinski definition) is 1. The van der Waals surface area contributed by atoms with Crippen LogP contribution in [0.2, 0.25) is 5.02 Å². The number of aromatic nitrogens is 1. The number of Topliss-reactive ketones (excluding diaryl/α,β-unsaturated/α-hetero) is 1. The van der Waals surface area contributed by atoms with Crippen LogP contribution in [0.25, 0.3) is 0 Å². The number of pyridine rings is 1. The normalized spacial score (nSPS) is 9.73. The van der Waals surface area contributed by atoms with Gasteiger partial charge in [-0.25, -0.2) is 4.98 Å². The number of carbonyl (C=O) groups is 2. The summed E-state index contributed by atoms with van der Waals surface area (Å²) in [6.07, 6.45) is 1.75. The molecule has 0 atom stereocenters. The number of rotatable bonds is 3. The number of ketones is 1.